The van der Waals surface area contributed by atoms with E-state index in [0.717, 1.165) is 23.5 Å². The number of hydrogen-bond donors (Lipinski definition) is 1. The van der Waals surface area contributed by atoms with Crippen LogP contribution in [0.5, 0.6) is 0 Å². The van der Waals surface area contributed by atoms with E-state index in [9.17, 15) is 0 Å². The van der Waals surface area contributed by atoms with Crippen LogP contribution in [0.15, 0.2) is 188 Å². The molecular weight excluding hydrogens is 581 g/mol. The number of rotatable bonds is 8. The van der Waals surface area contributed by atoms with Gasteiger partial charge < -0.3 is 4.90 Å². The molecule has 0 saturated carbocycles. The zero-order valence-corrected chi connectivity index (χ0v) is 27.1. The van der Waals surface area contributed by atoms with Crippen LogP contribution in [0.3, 0.4) is 0 Å². The quantitative estimate of drug-likeness (QED) is 0.167. The minimum absolute atomic E-state index is 0.904. The highest BCUT2D eigenvalue weighted by Gasteiger charge is 2.15. The fraction of sp³-hybridized carbons (Fsp3) is 0.0435. The second-order valence-electron chi connectivity index (χ2n) is 12.5. The summed E-state index contributed by atoms with van der Waals surface area (Å²) in [5.41, 5.74) is 10.9. The van der Waals surface area contributed by atoms with Gasteiger partial charge in [0.1, 0.15) is 11.4 Å². The van der Waals surface area contributed by atoms with E-state index in [0.29, 0.717) is 0 Å². The fourth-order valence-corrected chi connectivity index (χ4v) is 6.72. The van der Waals surface area contributed by atoms with E-state index in [2.05, 4.69) is 200 Å². The monoisotopic (exact) mass is 617 g/mol. The summed E-state index contributed by atoms with van der Waals surface area (Å²) in [7, 11) is 2.22. The molecule has 230 valence electrons. The Balaban J connectivity index is 1.04. The Labute approximate surface area is 282 Å². The van der Waals surface area contributed by atoms with Crippen LogP contribution in [0.2, 0.25) is 0 Å². The first-order chi connectivity index (χ1) is 23.7. The molecule has 0 amide bonds. The topological polar surface area (TPSA) is 7.68 Å². The summed E-state index contributed by atoms with van der Waals surface area (Å²) >= 11 is 0. The predicted molar refractivity (Wildman–Crippen MR) is 203 cm³/mol. The Hall–Kier alpha value is -5.96. The molecule has 0 aliphatic heterocycles. The lowest BCUT2D eigenvalue weighted by molar-refractivity contribution is -0.735. The summed E-state index contributed by atoms with van der Waals surface area (Å²) in [5.74, 6) is 0. The van der Waals surface area contributed by atoms with Gasteiger partial charge in [-0.2, -0.15) is 0 Å². The molecule has 0 bridgehead atoms. The van der Waals surface area contributed by atoms with E-state index < -0.39 is 0 Å². The smallest absolute Gasteiger partial charge is 0.136 e. The average molecular weight is 618 g/mol. The van der Waals surface area contributed by atoms with E-state index in [4.69, 9.17) is 0 Å². The normalized spacial score (nSPS) is 11.9. The predicted octanol–water partition coefficient (Wildman–Crippen LogP) is 11.2. The van der Waals surface area contributed by atoms with Crippen molar-refractivity contribution < 1.29 is 4.90 Å². The molecule has 8 aromatic rings. The van der Waals surface area contributed by atoms with Crippen LogP contribution in [-0.4, -0.2) is 7.05 Å². The number of hydrogen-bond acceptors (Lipinski definition) is 1. The van der Waals surface area contributed by atoms with Crippen LogP contribution in [0.25, 0.3) is 32.7 Å². The highest BCUT2D eigenvalue weighted by atomic mass is 15.1. The van der Waals surface area contributed by atoms with Crippen LogP contribution < -0.4 is 9.80 Å². The zero-order valence-electron chi connectivity index (χ0n) is 27.1. The maximum atomic E-state index is 2.34. The van der Waals surface area contributed by atoms with Crippen LogP contribution in [0.4, 0.5) is 28.4 Å². The van der Waals surface area contributed by atoms with Gasteiger partial charge in [0, 0.05) is 41.3 Å². The maximum absolute atomic E-state index is 2.34. The molecule has 0 fully saturated rings. The summed E-state index contributed by atoms with van der Waals surface area (Å²) in [6, 6.07) is 68.1. The molecule has 0 aliphatic carbocycles. The second-order valence-corrected chi connectivity index (χ2v) is 12.5. The first kappa shape index (κ1) is 29.4. The number of fused-ring (bicyclic) bond motifs is 2. The number of anilines is 3. The van der Waals surface area contributed by atoms with Crippen molar-refractivity contribution in [1.29, 1.82) is 0 Å². The van der Waals surface area contributed by atoms with Crippen molar-refractivity contribution in [3.05, 3.63) is 199 Å². The lowest BCUT2D eigenvalue weighted by Crippen LogP contribution is -2.98. The van der Waals surface area contributed by atoms with Crippen molar-refractivity contribution in [2.24, 2.45) is 0 Å². The molecule has 8 rings (SSSR count). The molecule has 1 N–H and O–H groups in total. The van der Waals surface area contributed by atoms with E-state index in [1.807, 2.05) is 0 Å². The molecule has 0 aromatic heterocycles. The molecule has 48 heavy (non-hydrogen) atoms. The Kier molecular flexibility index (Phi) is 8.00. The first-order valence-corrected chi connectivity index (χ1v) is 16.6. The van der Waals surface area contributed by atoms with E-state index >= 15 is 0 Å². The van der Waals surface area contributed by atoms with E-state index in [1.54, 1.807) is 0 Å². The van der Waals surface area contributed by atoms with Crippen LogP contribution in [0, 0.1) is 0 Å². The van der Waals surface area contributed by atoms with Crippen molar-refractivity contribution in [3.8, 4) is 11.1 Å². The summed E-state index contributed by atoms with van der Waals surface area (Å²) < 4.78 is 0. The highest BCUT2D eigenvalue weighted by Crippen LogP contribution is 2.36. The molecule has 0 aliphatic rings. The lowest BCUT2D eigenvalue weighted by atomic mass is 10.0. The number of nitrogens with zero attached hydrogens (tertiary/aromatic N) is 1. The van der Waals surface area contributed by atoms with Crippen molar-refractivity contribution in [3.63, 3.8) is 0 Å². The van der Waals surface area contributed by atoms with Gasteiger partial charge in [-0.25, -0.2) is 0 Å². The lowest BCUT2D eigenvalue weighted by Gasteiger charge is -2.26. The molecule has 0 heterocycles. The molecular formula is C46H37N2+. The minimum atomic E-state index is 0.904. The third-order valence-corrected chi connectivity index (χ3v) is 9.35. The van der Waals surface area contributed by atoms with Gasteiger partial charge in [-0.3, -0.25) is 4.90 Å². The highest BCUT2D eigenvalue weighted by molar-refractivity contribution is 5.99. The molecule has 0 radical (unpaired) electrons. The number of para-hydroxylation sites is 1. The third-order valence-electron chi connectivity index (χ3n) is 9.35. The number of quaternary nitrogens is 1. The number of nitrogens with one attached hydrogen (secondary N) is 1. The van der Waals surface area contributed by atoms with Gasteiger partial charge in [0.25, 0.3) is 0 Å². The van der Waals surface area contributed by atoms with Gasteiger partial charge in [-0.1, -0.05) is 97.1 Å². The molecule has 8 aromatic carbocycles. The fourth-order valence-electron chi connectivity index (χ4n) is 6.72. The van der Waals surface area contributed by atoms with Crippen molar-refractivity contribution in [1.82, 2.24) is 0 Å². The third kappa shape index (κ3) is 6.10. The van der Waals surface area contributed by atoms with E-state index in [-0.39, 0.29) is 0 Å². The second kappa shape index (κ2) is 13.0. The Morgan fingerprint density at radius 2 is 0.896 bits per heavy atom. The van der Waals surface area contributed by atoms with Crippen LogP contribution >= 0.6 is 0 Å². The van der Waals surface area contributed by atoms with Gasteiger partial charge in [0.2, 0.25) is 0 Å². The van der Waals surface area contributed by atoms with Gasteiger partial charge in [-0.05, 0) is 117 Å². The van der Waals surface area contributed by atoms with E-state index in [1.165, 1.54) is 60.1 Å². The van der Waals surface area contributed by atoms with Gasteiger partial charge in [0.15, 0.2) is 0 Å². The summed E-state index contributed by atoms with van der Waals surface area (Å²) in [4.78, 5) is 3.62. The molecule has 2 nitrogen and oxygen atoms in total. The van der Waals surface area contributed by atoms with Gasteiger partial charge >= 0.3 is 0 Å². The molecule has 2 heteroatoms. The maximum Gasteiger partial charge on any atom is 0.136 e. The number of benzene rings is 8. The summed E-state index contributed by atoms with van der Waals surface area (Å²) in [6.45, 7) is 0. The standard InChI is InChI=1S/C46H36N2/c1-47(45-28-23-40-31-38-14-8-9-15-39(38)32-41(40)33-45)42-24-19-36(20-25-42)37-21-26-44(27-22-37)48(43-16-6-3-7-17-43)46-18-10-13-35(30-46)29-34-11-4-2-5-12-34/h2-28,30-33H,29H2,1H3/p+1. The molecule has 0 spiro atoms. The Bertz CT molecular complexity index is 2310. The van der Waals surface area contributed by atoms with Crippen LogP contribution in [-0.2, 0) is 6.42 Å². The molecule has 1 atom stereocenters. The van der Waals surface area contributed by atoms with Crippen molar-refractivity contribution in [2.75, 3.05) is 11.9 Å². The van der Waals surface area contributed by atoms with Gasteiger partial charge in [-0.15, -0.1) is 0 Å². The first-order valence-electron chi connectivity index (χ1n) is 16.6. The SMILES string of the molecule is C[NH+](c1ccc(-c2ccc(N(c3ccccc3)c3cccc(Cc4ccccc4)c3)cc2)cc1)c1ccc2cc3ccccc3cc2c1. The minimum Gasteiger partial charge on any atom is -0.310 e. The Morgan fingerprint density at radius 1 is 0.375 bits per heavy atom. The van der Waals surface area contributed by atoms with Gasteiger partial charge in [0.05, 0.1) is 7.05 Å². The average Bonchev–Trinajstić information content (AvgIpc) is 3.15. The molecule has 0 saturated heterocycles. The molecule has 1 unspecified atom stereocenters. The summed E-state index contributed by atoms with van der Waals surface area (Å²) in [5, 5.41) is 5.10. The van der Waals surface area contributed by atoms with Crippen molar-refractivity contribution in [2.45, 2.75) is 6.42 Å². The largest absolute Gasteiger partial charge is 0.310 e. The zero-order chi connectivity index (χ0) is 32.3. The summed E-state index contributed by atoms with van der Waals surface area (Å²) in [6.07, 6.45) is 0.904. The van der Waals surface area contributed by atoms with Crippen molar-refractivity contribution >= 4 is 50.0 Å². The Morgan fingerprint density at radius 3 is 1.60 bits per heavy atom. The van der Waals surface area contributed by atoms with Crippen LogP contribution in [0.1, 0.15) is 11.1 Å².